The third-order valence-corrected chi connectivity index (χ3v) is 6.51. The van der Waals surface area contributed by atoms with E-state index in [1.807, 2.05) is 104 Å². The lowest BCUT2D eigenvalue weighted by Gasteiger charge is -2.14. The van der Waals surface area contributed by atoms with Crippen molar-refractivity contribution in [3.63, 3.8) is 0 Å². The van der Waals surface area contributed by atoms with Gasteiger partial charge in [0.1, 0.15) is 23.3 Å². The summed E-state index contributed by atoms with van der Waals surface area (Å²) in [6, 6.07) is 31.2. The predicted molar refractivity (Wildman–Crippen MR) is 156 cm³/mol. The normalized spacial score (nSPS) is 11.3. The van der Waals surface area contributed by atoms with Gasteiger partial charge in [-0.2, -0.15) is 0 Å². The molecule has 39 heavy (non-hydrogen) atoms. The van der Waals surface area contributed by atoms with Crippen molar-refractivity contribution < 1.29 is 9.21 Å². The van der Waals surface area contributed by atoms with Crippen LogP contribution in [0, 0.1) is 0 Å². The molecule has 0 aliphatic rings. The number of rotatable bonds is 7. The van der Waals surface area contributed by atoms with E-state index in [1.165, 1.54) is 0 Å². The van der Waals surface area contributed by atoms with Gasteiger partial charge in [-0.05, 0) is 62.1 Å². The lowest BCUT2D eigenvalue weighted by atomic mass is 10.1. The van der Waals surface area contributed by atoms with E-state index in [9.17, 15) is 4.79 Å². The van der Waals surface area contributed by atoms with Crippen LogP contribution in [0.4, 0.5) is 17.2 Å². The number of fused-ring (bicyclic) bond motifs is 3. The van der Waals surface area contributed by atoms with Gasteiger partial charge in [-0.1, -0.05) is 48.5 Å². The second-order valence-corrected chi connectivity index (χ2v) is 9.62. The van der Waals surface area contributed by atoms with Crippen molar-refractivity contribution in [2.24, 2.45) is 0 Å². The van der Waals surface area contributed by atoms with E-state index in [4.69, 9.17) is 4.42 Å². The highest BCUT2D eigenvalue weighted by atomic mass is 16.3. The second kappa shape index (κ2) is 10.4. The van der Waals surface area contributed by atoms with E-state index in [-0.39, 0.29) is 5.91 Å². The molecule has 7 nitrogen and oxygen atoms in total. The molecule has 1 amide bonds. The number of amides is 1. The van der Waals surface area contributed by atoms with Gasteiger partial charge in [0.2, 0.25) is 0 Å². The molecule has 2 heterocycles. The molecular weight excluding hydrogens is 486 g/mol. The first kappa shape index (κ1) is 24.3. The Labute approximate surface area is 226 Å². The first-order valence-corrected chi connectivity index (χ1v) is 12.7. The van der Waals surface area contributed by atoms with Crippen molar-refractivity contribution in [3.8, 4) is 11.3 Å². The van der Waals surface area contributed by atoms with Crippen LogP contribution in [0.15, 0.2) is 108 Å². The molecule has 0 radical (unpaired) electrons. The van der Waals surface area contributed by atoms with Crippen LogP contribution < -0.4 is 10.6 Å². The molecule has 192 valence electrons. The van der Waals surface area contributed by atoms with Crippen LogP contribution in [0.1, 0.15) is 15.9 Å². The van der Waals surface area contributed by atoms with Crippen molar-refractivity contribution in [3.05, 3.63) is 115 Å². The summed E-state index contributed by atoms with van der Waals surface area (Å²) in [5, 5.41) is 8.46. The summed E-state index contributed by atoms with van der Waals surface area (Å²) in [7, 11) is 3.97. The fourth-order valence-corrected chi connectivity index (χ4v) is 4.73. The average Bonchev–Trinajstić information content (AvgIpc) is 3.33. The number of aromatic nitrogens is 2. The Kier molecular flexibility index (Phi) is 6.49. The monoisotopic (exact) mass is 513 g/mol. The summed E-state index contributed by atoms with van der Waals surface area (Å²) in [4.78, 5) is 23.9. The minimum absolute atomic E-state index is 0.131. The molecule has 0 unspecified atom stereocenters. The van der Waals surface area contributed by atoms with Crippen molar-refractivity contribution in [1.82, 2.24) is 14.9 Å². The van der Waals surface area contributed by atoms with Crippen LogP contribution in [-0.2, 0) is 6.54 Å². The minimum Gasteiger partial charge on any atom is -0.455 e. The van der Waals surface area contributed by atoms with E-state index in [1.54, 1.807) is 6.33 Å². The fourth-order valence-electron chi connectivity index (χ4n) is 4.73. The van der Waals surface area contributed by atoms with E-state index in [0.29, 0.717) is 23.6 Å². The number of carbonyl (C=O) groups is 1. The minimum atomic E-state index is -0.131. The van der Waals surface area contributed by atoms with Crippen molar-refractivity contribution >= 4 is 45.0 Å². The number of para-hydroxylation sites is 2. The molecule has 0 spiro atoms. The molecule has 0 saturated carbocycles. The first-order valence-electron chi connectivity index (χ1n) is 12.7. The molecule has 0 atom stereocenters. The number of hydrogen-bond acceptors (Lipinski definition) is 6. The Bertz CT molecular complexity index is 1790. The van der Waals surface area contributed by atoms with Crippen LogP contribution in [0.25, 0.3) is 33.2 Å². The van der Waals surface area contributed by atoms with Crippen molar-refractivity contribution in [2.45, 2.75) is 6.54 Å². The van der Waals surface area contributed by atoms with Crippen LogP contribution in [0.2, 0.25) is 0 Å². The molecule has 0 aliphatic carbocycles. The first-order chi connectivity index (χ1) is 19.0. The zero-order valence-electron chi connectivity index (χ0n) is 21.7. The molecule has 0 bridgehead atoms. The van der Waals surface area contributed by atoms with Gasteiger partial charge in [0.15, 0.2) is 0 Å². The van der Waals surface area contributed by atoms with Crippen LogP contribution in [0.5, 0.6) is 0 Å². The maximum absolute atomic E-state index is 12.9. The van der Waals surface area contributed by atoms with Gasteiger partial charge in [-0.15, -0.1) is 0 Å². The SMILES string of the molecule is CN(C)Cc1ccccc1C(=O)Nc1ccc(Nc2cc(-c3cccc4c3oc3ccccc34)ncn2)cc1. The highest BCUT2D eigenvalue weighted by Gasteiger charge is 2.14. The number of hydrogen-bond donors (Lipinski definition) is 2. The summed E-state index contributed by atoms with van der Waals surface area (Å²) in [5.41, 5.74) is 6.52. The molecule has 0 fully saturated rings. The maximum Gasteiger partial charge on any atom is 0.255 e. The smallest absolute Gasteiger partial charge is 0.255 e. The quantitative estimate of drug-likeness (QED) is 0.237. The topological polar surface area (TPSA) is 83.3 Å². The molecule has 6 aromatic rings. The van der Waals surface area contributed by atoms with Crippen LogP contribution in [-0.4, -0.2) is 34.9 Å². The van der Waals surface area contributed by atoms with Gasteiger partial charge in [0.05, 0.1) is 5.69 Å². The second-order valence-electron chi connectivity index (χ2n) is 9.62. The predicted octanol–water partition coefficient (Wildman–Crippen LogP) is 7.10. The molecular formula is C32H27N5O2. The molecule has 4 aromatic carbocycles. The zero-order valence-corrected chi connectivity index (χ0v) is 21.7. The van der Waals surface area contributed by atoms with Gasteiger partial charge in [0, 0.05) is 45.9 Å². The van der Waals surface area contributed by atoms with Crippen molar-refractivity contribution in [1.29, 1.82) is 0 Å². The summed E-state index contributed by atoms with van der Waals surface area (Å²) in [6.45, 7) is 0.693. The Hall–Kier alpha value is -5.01. The Balaban J connectivity index is 1.20. The largest absolute Gasteiger partial charge is 0.455 e. The van der Waals surface area contributed by atoms with E-state index in [0.717, 1.165) is 44.4 Å². The van der Waals surface area contributed by atoms with Crippen LogP contribution in [0.3, 0.4) is 0 Å². The van der Waals surface area contributed by atoms with Gasteiger partial charge in [-0.25, -0.2) is 9.97 Å². The van der Waals surface area contributed by atoms with Gasteiger partial charge in [0.25, 0.3) is 5.91 Å². The lowest BCUT2D eigenvalue weighted by Crippen LogP contribution is -2.18. The number of nitrogens with zero attached hydrogens (tertiary/aromatic N) is 3. The van der Waals surface area contributed by atoms with Gasteiger partial charge in [-0.3, -0.25) is 4.79 Å². The van der Waals surface area contributed by atoms with Crippen LogP contribution >= 0.6 is 0 Å². The summed E-state index contributed by atoms with van der Waals surface area (Å²) < 4.78 is 6.18. The highest BCUT2D eigenvalue weighted by Crippen LogP contribution is 2.35. The van der Waals surface area contributed by atoms with Gasteiger partial charge >= 0.3 is 0 Å². The average molecular weight is 514 g/mol. The van der Waals surface area contributed by atoms with E-state index in [2.05, 4.69) is 32.7 Å². The lowest BCUT2D eigenvalue weighted by molar-refractivity contribution is 0.102. The number of anilines is 3. The Morgan fingerprint density at radius 3 is 2.41 bits per heavy atom. The summed E-state index contributed by atoms with van der Waals surface area (Å²) in [5.74, 6) is 0.524. The van der Waals surface area contributed by atoms with Crippen molar-refractivity contribution in [2.75, 3.05) is 24.7 Å². The van der Waals surface area contributed by atoms with Gasteiger partial charge < -0.3 is 20.0 Å². The number of nitrogens with one attached hydrogen (secondary N) is 2. The number of benzene rings is 4. The number of furan rings is 1. The third kappa shape index (κ3) is 5.08. The third-order valence-electron chi connectivity index (χ3n) is 6.51. The fraction of sp³-hybridized carbons (Fsp3) is 0.0938. The Morgan fingerprint density at radius 2 is 1.56 bits per heavy atom. The maximum atomic E-state index is 12.9. The zero-order chi connectivity index (χ0) is 26.8. The number of carbonyl (C=O) groups excluding carboxylic acids is 1. The molecule has 7 heteroatoms. The summed E-state index contributed by atoms with van der Waals surface area (Å²) in [6.07, 6.45) is 1.54. The summed E-state index contributed by atoms with van der Waals surface area (Å²) >= 11 is 0. The standard InChI is InChI=1S/C32H27N5O2/c1-37(2)19-21-8-3-4-9-24(21)32(38)36-23-16-14-22(15-17-23)35-30-18-28(33-20-34-30)27-12-7-11-26-25-10-5-6-13-29(25)39-31(26)27/h3-18,20H,19H2,1-2H3,(H,36,38)(H,33,34,35). The van der Waals surface area contributed by atoms with E-state index < -0.39 is 0 Å². The Morgan fingerprint density at radius 1 is 0.821 bits per heavy atom. The molecule has 0 aliphatic heterocycles. The highest BCUT2D eigenvalue weighted by molar-refractivity contribution is 6.09. The molecule has 0 saturated heterocycles. The van der Waals surface area contributed by atoms with E-state index >= 15 is 0 Å². The molecule has 6 rings (SSSR count). The molecule has 2 N–H and O–H groups in total. The molecule has 2 aromatic heterocycles.